The van der Waals surface area contributed by atoms with Crippen LogP contribution >= 0.6 is 11.3 Å². The van der Waals surface area contributed by atoms with Crippen molar-refractivity contribution in [1.82, 2.24) is 9.80 Å². The lowest BCUT2D eigenvalue weighted by atomic mass is 9.93. The number of amides is 2. The number of likely N-dealkylation sites (N-methyl/N-ethyl adjacent to an activating group) is 1. The summed E-state index contributed by atoms with van der Waals surface area (Å²) in [6.45, 7) is 2.27. The number of aliphatic carboxylic acids is 1. The molecule has 2 aromatic rings. The third kappa shape index (κ3) is 4.90. The second-order valence-electron chi connectivity index (χ2n) is 7.30. The number of carbonyl (C=O) groups is 3. The van der Waals surface area contributed by atoms with Crippen molar-refractivity contribution in [3.63, 3.8) is 0 Å². The van der Waals surface area contributed by atoms with Crippen molar-refractivity contribution in [1.29, 1.82) is 0 Å². The summed E-state index contributed by atoms with van der Waals surface area (Å²) in [5.74, 6) is -2.36. The molecule has 168 valence electrons. The van der Waals surface area contributed by atoms with E-state index in [0.717, 1.165) is 12.1 Å². The molecule has 0 radical (unpaired) electrons. The molecule has 0 aliphatic carbocycles. The number of alkyl halides is 3. The van der Waals surface area contributed by atoms with Crippen LogP contribution in [0.4, 0.5) is 18.9 Å². The predicted molar refractivity (Wildman–Crippen MR) is 105 cm³/mol. The van der Waals surface area contributed by atoms with E-state index in [2.05, 4.69) is 4.90 Å². The van der Waals surface area contributed by atoms with Crippen LogP contribution in [0.15, 0.2) is 39.6 Å². The Kier molecular flexibility index (Phi) is 6.41. The van der Waals surface area contributed by atoms with Gasteiger partial charge in [-0.3, -0.25) is 14.5 Å². The Balaban J connectivity index is 0.000000339. The van der Waals surface area contributed by atoms with Gasteiger partial charge in [-0.15, -0.1) is 0 Å². The fraction of sp³-hybridized carbons (Fsp3) is 0.421. The summed E-state index contributed by atoms with van der Waals surface area (Å²) in [6, 6.07) is 5.39. The van der Waals surface area contributed by atoms with E-state index in [9.17, 15) is 22.8 Å². The van der Waals surface area contributed by atoms with Gasteiger partial charge in [-0.1, -0.05) is 0 Å². The zero-order chi connectivity index (χ0) is 22.8. The largest absolute Gasteiger partial charge is 0.490 e. The van der Waals surface area contributed by atoms with Gasteiger partial charge in [0.2, 0.25) is 5.91 Å². The van der Waals surface area contributed by atoms with Crippen LogP contribution in [0.3, 0.4) is 0 Å². The standard InChI is InChI=1S/C17H19N3O3S.C2HF3O2/c1-18-9-15(21)20(13-4-8-24-10-13)12-17(18)5-6-19(11-17)16(22)14-3-2-7-23-14;3-2(4,5)1(6)7/h2-4,7-8,10H,5-6,9,11-12H2,1H3;(H,6,7). The minimum atomic E-state index is -5.08. The molecule has 31 heavy (non-hydrogen) atoms. The van der Waals surface area contributed by atoms with E-state index in [1.165, 1.54) is 6.26 Å². The van der Waals surface area contributed by atoms with Crippen LogP contribution in [-0.4, -0.2) is 77.6 Å². The number of halogens is 3. The lowest BCUT2D eigenvalue weighted by Gasteiger charge is -2.46. The summed E-state index contributed by atoms with van der Waals surface area (Å²) in [4.78, 5) is 39.7. The van der Waals surface area contributed by atoms with E-state index >= 15 is 0 Å². The number of furan rings is 1. The zero-order valence-electron chi connectivity index (χ0n) is 16.5. The summed E-state index contributed by atoms with van der Waals surface area (Å²) in [5.41, 5.74) is 0.756. The first kappa shape index (κ1) is 22.8. The van der Waals surface area contributed by atoms with E-state index in [1.807, 2.05) is 33.7 Å². The van der Waals surface area contributed by atoms with Gasteiger partial charge in [0.25, 0.3) is 5.91 Å². The van der Waals surface area contributed by atoms with Gasteiger partial charge in [-0.2, -0.15) is 24.5 Å². The van der Waals surface area contributed by atoms with Gasteiger partial charge in [0.1, 0.15) is 0 Å². The van der Waals surface area contributed by atoms with Crippen molar-refractivity contribution in [3.05, 3.63) is 41.0 Å². The Morgan fingerprint density at radius 1 is 1.26 bits per heavy atom. The second-order valence-corrected chi connectivity index (χ2v) is 8.08. The highest BCUT2D eigenvalue weighted by molar-refractivity contribution is 7.08. The number of carboxylic acids is 1. The highest BCUT2D eigenvalue weighted by atomic mass is 32.1. The molecule has 1 spiro atoms. The first-order chi connectivity index (χ1) is 14.5. The van der Waals surface area contributed by atoms with Crippen LogP contribution in [0.2, 0.25) is 0 Å². The number of hydrogen-bond donors (Lipinski definition) is 1. The van der Waals surface area contributed by atoms with Crippen LogP contribution < -0.4 is 4.90 Å². The summed E-state index contributed by atoms with van der Waals surface area (Å²) < 4.78 is 37.0. The number of anilines is 1. The first-order valence-electron chi connectivity index (χ1n) is 9.20. The molecule has 1 N–H and O–H groups in total. The number of carboxylic acid groups (broad SMARTS) is 1. The van der Waals surface area contributed by atoms with Crippen molar-refractivity contribution in [3.8, 4) is 0 Å². The monoisotopic (exact) mass is 459 g/mol. The summed E-state index contributed by atoms with van der Waals surface area (Å²) in [6.07, 6.45) is -2.72. The minimum absolute atomic E-state index is 0.0794. The van der Waals surface area contributed by atoms with E-state index in [-0.39, 0.29) is 17.4 Å². The van der Waals surface area contributed by atoms with Gasteiger partial charge >= 0.3 is 12.1 Å². The van der Waals surface area contributed by atoms with Crippen LogP contribution in [0.1, 0.15) is 17.0 Å². The van der Waals surface area contributed by atoms with Gasteiger partial charge in [0.05, 0.1) is 24.0 Å². The number of rotatable bonds is 2. The molecule has 2 aliphatic rings. The minimum Gasteiger partial charge on any atom is -0.475 e. The molecule has 2 aromatic heterocycles. The number of piperazine rings is 1. The summed E-state index contributed by atoms with van der Waals surface area (Å²) in [5, 5.41) is 11.1. The Bertz CT molecular complexity index is 932. The first-order valence-corrected chi connectivity index (χ1v) is 10.1. The smallest absolute Gasteiger partial charge is 0.475 e. The summed E-state index contributed by atoms with van der Waals surface area (Å²) in [7, 11) is 1.98. The van der Waals surface area contributed by atoms with Crippen LogP contribution in [-0.2, 0) is 9.59 Å². The third-order valence-electron chi connectivity index (χ3n) is 5.35. The van der Waals surface area contributed by atoms with Crippen molar-refractivity contribution in [2.24, 2.45) is 0 Å². The molecule has 2 aliphatic heterocycles. The van der Waals surface area contributed by atoms with Crippen LogP contribution in [0.25, 0.3) is 0 Å². The maximum absolute atomic E-state index is 12.6. The van der Waals surface area contributed by atoms with Gasteiger partial charge in [-0.25, -0.2) is 4.79 Å². The molecule has 0 aromatic carbocycles. The van der Waals surface area contributed by atoms with Crippen molar-refractivity contribution < 1.29 is 37.1 Å². The lowest BCUT2D eigenvalue weighted by Crippen LogP contribution is -2.64. The summed E-state index contributed by atoms with van der Waals surface area (Å²) >= 11 is 1.59. The normalized spacial score (nSPS) is 21.9. The Labute approximate surface area is 179 Å². The van der Waals surface area contributed by atoms with Gasteiger partial charge in [-0.05, 0) is 37.0 Å². The molecule has 2 amide bonds. The van der Waals surface area contributed by atoms with Crippen molar-refractivity contribution >= 4 is 34.8 Å². The Morgan fingerprint density at radius 2 is 1.97 bits per heavy atom. The molecule has 1 unspecified atom stereocenters. The van der Waals surface area contributed by atoms with E-state index < -0.39 is 12.1 Å². The highest BCUT2D eigenvalue weighted by Gasteiger charge is 2.49. The molecule has 4 heterocycles. The molecule has 2 saturated heterocycles. The molecular formula is C19H20F3N3O5S. The molecule has 8 nitrogen and oxygen atoms in total. The number of likely N-dealkylation sites (tertiary alicyclic amines) is 1. The quantitative estimate of drug-likeness (QED) is 0.742. The van der Waals surface area contributed by atoms with Crippen molar-refractivity contribution in [2.45, 2.75) is 18.1 Å². The SMILES string of the molecule is CN1CC(=O)N(c2ccsc2)CC12CCN(C(=O)c1ccco1)C2.O=C(O)C(F)(F)F. The lowest BCUT2D eigenvalue weighted by molar-refractivity contribution is -0.192. The van der Waals surface area contributed by atoms with Gasteiger partial charge < -0.3 is 19.3 Å². The molecule has 12 heteroatoms. The van der Waals surface area contributed by atoms with Crippen LogP contribution in [0, 0.1) is 0 Å². The number of nitrogens with zero attached hydrogens (tertiary/aromatic N) is 3. The van der Waals surface area contributed by atoms with E-state index in [0.29, 0.717) is 31.9 Å². The van der Waals surface area contributed by atoms with E-state index in [4.69, 9.17) is 14.3 Å². The molecular weight excluding hydrogens is 439 g/mol. The number of thiophene rings is 1. The third-order valence-corrected chi connectivity index (χ3v) is 6.02. The second kappa shape index (κ2) is 8.71. The topological polar surface area (TPSA) is 94.3 Å². The zero-order valence-corrected chi connectivity index (χ0v) is 17.3. The Hall–Kier alpha value is -2.86. The molecule has 0 saturated carbocycles. The van der Waals surface area contributed by atoms with Gasteiger partial charge in [0.15, 0.2) is 5.76 Å². The highest BCUT2D eigenvalue weighted by Crippen LogP contribution is 2.34. The van der Waals surface area contributed by atoms with Gasteiger partial charge in [0, 0.05) is 25.0 Å². The van der Waals surface area contributed by atoms with E-state index in [1.54, 1.807) is 23.5 Å². The maximum atomic E-state index is 12.6. The maximum Gasteiger partial charge on any atom is 0.490 e. The molecule has 4 rings (SSSR count). The predicted octanol–water partition coefficient (Wildman–Crippen LogP) is 2.54. The fourth-order valence-electron chi connectivity index (χ4n) is 3.63. The van der Waals surface area contributed by atoms with Crippen LogP contribution in [0.5, 0.6) is 0 Å². The molecule has 0 bridgehead atoms. The Morgan fingerprint density at radius 3 is 2.52 bits per heavy atom. The average Bonchev–Trinajstić information content (AvgIpc) is 3.47. The fourth-order valence-corrected chi connectivity index (χ4v) is 4.27. The molecule has 2 fully saturated rings. The number of carbonyl (C=O) groups excluding carboxylic acids is 2. The average molecular weight is 459 g/mol. The number of hydrogen-bond acceptors (Lipinski definition) is 6. The van der Waals surface area contributed by atoms with Crippen molar-refractivity contribution in [2.75, 3.05) is 38.1 Å². The molecule has 1 atom stereocenters.